The van der Waals surface area contributed by atoms with Crippen LogP contribution in [0.25, 0.3) is 0 Å². The molecule has 140 valence electrons. The second kappa shape index (κ2) is 10.8. The fraction of sp³-hybridized carbons (Fsp3) is 0.417. The van der Waals surface area contributed by atoms with Gasteiger partial charge in [-0.05, 0) is 48.1 Å². The van der Waals surface area contributed by atoms with Crippen LogP contribution in [0.15, 0.2) is 60.8 Å². The van der Waals surface area contributed by atoms with E-state index in [1.807, 2.05) is 12.1 Å². The van der Waals surface area contributed by atoms with E-state index >= 15 is 0 Å². The maximum Gasteiger partial charge on any atom is 0.118 e. The van der Waals surface area contributed by atoms with Crippen molar-refractivity contribution in [3.8, 4) is 0 Å². The summed E-state index contributed by atoms with van der Waals surface area (Å²) in [6.07, 6.45) is 7.76. The van der Waals surface area contributed by atoms with E-state index in [0.717, 1.165) is 30.5 Å². The van der Waals surface area contributed by atoms with Crippen LogP contribution in [0.1, 0.15) is 68.7 Å². The van der Waals surface area contributed by atoms with E-state index in [-0.39, 0.29) is 0 Å². The van der Waals surface area contributed by atoms with Gasteiger partial charge in [-0.1, -0.05) is 82.5 Å². The second-order valence-electron chi connectivity index (χ2n) is 7.05. The highest BCUT2D eigenvalue weighted by Crippen LogP contribution is 2.23. The Labute approximate surface area is 159 Å². The summed E-state index contributed by atoms with van der Waals surface area (Å²) in [4.78, 5) is 0. The SMILES string of the molecule is C=C(Nc1ccc(CCCCCC)cc1)C(O)c1ccc(CCC)cc1. The minimum Gasteiger partial charge on any atom is -0.382 e. The molecule has 0 fully saturated rings. The third kappa shape index (κ3) is 6.34. The van der Waals surface area contributed by atoms with E-state index in [9.17, 15) is 5.11 Å². The number of aliphatic hydroxyl groups is 1. The topological polar surface area (TPSA) is 32.3 Å². The van der Waals surface area contributed by atoms with Gasteiger partial charge in [0.15, 0.2) is 0 Å². The van der Waals surface area contributed by atoms with Crippen molar-refractivity contribution < 1.29 is 5.11 Å². The van der Waals surface area contributed by atoms with E-state index in [0.29, 0.717) is 5.70 Å². The number of anilines is 1. The van der Waals surface area contributed by atoms with E-state index in [1.54, 1.807) is 0 Å². The number of rotatable bonds is 11. The van der Waals surface area contributed by atoms with Gasteiger partial charge in [-0.2, -0.15) is 0 Å². The van der Waals surface area contributed by atoms with Crippen molar-refractivity contribution in [3.63, 3.8) is 0 Å². The average molecular weight is 352 g/mol. The van der Waals surface area contributed by atoms with Gasteiger partial charge in [0.25, 0.3) is 0 Å². The highest BCUT2D eigenvalue weighted by molar-refractivity contribution is 5.50. The first kappa shape index (κ1) is 20.3. The molecule has 0 aliphatic carbocycles. The summed E-state index contributed by atoms with van der Waals surface area (Å²) in [5.41, 5.74) is 5.11. The van der Waals surface area contributed by atoms with E-state index in [2.05, 4.69) is 62.1 Å². The lowest BCUT2D eigenvalue weighted by atomic mass is 10.0. The number of hydrogen-bond acceptors (Lipinski definition) is 2. The van der Waals surface area contributed by atoms with Crippen molar-refractivity contribution in [3.05, 3.63) is 77.5 Å². The molecular formula is C24H33NO. The van der Waals surface area contributed by atoms with Gasteiger partial charge < -0.3 is 10.4 Å². The maximum atomic E-state index is 10.5. The largest absolute Gasteiger partial charge is 0.382 e. The van der Waals surface area contributed by atoms with Gasteiger partial charge in [0.05, 0.1) is 0 Å². The lowest BCUT2D eigenvalue weighted by Gasteiger charge is -2.17. The number of aryl methyl sites for hydroxylation is 2. The third-order valence-corrected chi connectivity index (χ3v) is 4.74. The minimum absolute atomic E-state index is 0.601. The molecule has 1 atom stereocenters. The Morgan fingerprint density at radius 2 is 1.46 bits per heavy atom. The molecule has 0 aromatic heterocycles. The van der Waals surface area contributed by atoms with Gasteiger partial charge in [0.1, 0.15) is 6.10 Å². The molecule has 0 radical (unpaired) electrons. The molecule has 2 aromatic rings. The fourth-order valence-corrected chi connectivity index (χ4v) is 3.12. The van der Waals surface area contributed by atoms with Crippen molar-refractivity contribution in [2.45, 2.75) is 64.9 Å². The molecule has 26 heavy (non-hydrogen) atoms. The van der Waals surface area contributed by atoms with E-state index in [1.165, 1.54) is 36.8 Å². The Kier molecular flexibility index (Phi) is 8.43. The van der Waals surface area contributed by atoms with Crippen LogP contribution in [-0.2, 0) is 12.8 Å². The second-order valence-corrected chi connectivity index (χ2v) is 7.05. The first-order valence-electron chi connectivity index (χ1n) is 9.95. The van der Waals surface area contributed by atoms with Crippen LogP contribution in [0.4, 0.5) is 5.69 Å². The van der Waals surface area contributed by atoms with Crippen molar-refractivity contribution >= 4 is 5.69 Å². The van der Waals surface area contributed by atoms with Crippen molar-refractivity contribution in [1.29, 1.82) is 0 Å². The smallest absolute Gasteiger partial charge is 0.118 e. The molecule has 2 heteroatoms. The Bertz CT molecular complexity index is 658. The average Bonchev–Trinajstić information content (AvgIpc) is 2.67. The molecule has 1 unspecified atom stereocenters. The summed E-state index contributed by atoms with van der Waals surface area (Å²) < 4.78 is 0. The molecule has 0 bridgehead atoms. The lowest BCUT2D eigenvalue weighted by Crippen LogP contribution is -2.09. The molecule has 0 amide bonds. The molecule has 0 spiro atoms. The minimum atomic E-state index is -0.709. The molecule has 0 saturated heterocycles. The summed E-state index contributed by atoms with van der Waals surface area (Å²) in [6.45, 7) is 8.43. The molecule has 2 aromatic carbocycles. The quantitative estimate of drug-likeness (QED) is 0.458. The molecule has 2 rings (SSSR count). The molecular weight excluding hydrogens is 318 g/mol. The number of nitrogens with one attached hydrogen (secondary N) is 1. The Hall–Kier alpha value is -2.06. The van der Waals surface area contributed by atoms with Crippen LogP contribution in [-0.4, -0.2) is 5.11 Å². The predicted molar refractivity (Wildman–Crippen MR) is 112 cm³/mol. The molecule has 0 aliphatic heterocycles. The van der Waals surface area contributed by atoms with E-state index in [4.69, 9.17) is 0 Å². The van der Waals surface area contributed by atoms with Gasteiger partial charge in [-0.3, -0.25) is 0 Å². The summed E-state index contributed by atoms with van der Waals surface area (Å²) in [6, 6.07) is 16.6. The van der Waals surface area contributed by atoms with Gasteiger partial charge in [-0.15, -0.1) is 0 Å². The zero-order valence-electron chi connectivity index (χ0n) is 16.3. The molecule has 0 heterocycles. The van der Waals surface area contributed by atoms with Crippen molar-refractivity contribution in [2.75, 3.05) is 5.32 Å². The highest BCUT2D eigenvalue weighted by Gasteiger charge is 2.11. The van der Waals surface area contributed by atoms with Crippen LogP contribution in [0.3, 0.4) is 0 Å². The van der Waals surface area contributed by atoms with Gasteiger partial charge in [0.2, 0.25) is 0 Å². The number of aliphatic hydroxyl groups excluding tert-OH is 1. The van der Waals surface area contributed by atoms with Gasteiger partial charge in [-0.25, -0.2) is 0 Å². The van der Waals surface area contributed by atoms with Crippen LogP contribution < -0.4 is 5.32 Å². The normalized spacial score (nSPS) is 12.0. The Morgan fingerprint density at radius 1 is 0.846 bits per heavy atom. The first-order valence-corrected chi connectivity index (χ1v) is 9.95. The lowest BCUT2D eigenvalue weighted by molar-refractivity contribution is 0.217. The highest BCUT2D eigenvalue weighted by atomic mass is 16.3. The summed E-state index contributed by atoms with van der Waals surface area (Å²) in [7, 11) is 0. The van der Waals surface area contributed by atoms with Crippen LogP contribution in [0.5, 0.6) is 0 Å². The maximum absolute atomic E-state index is 10.5. The zero-order chi connectivity index (χ0) is 18.8. The van der Waals surface area contributed by atoms with Crippen LogP contribution in [0, 0.1) is 0 Å². The summed E-state index contributed by atoms with van der Waals surface area (Å²) in [5, 5.41) is 13.8. The molecule has 0 saturated carbocycles. The molecule has 0 aliphatic rings. The molecule has 2 N–H and O–H groups in total. The third-order valence-electron chi connectivity index (χ3n) is 4.74. The summed E-state index contributed by atoms with van der Waals surface area (Å²) >= 11 is 0. The monoisotopic (exact) mass is 351 g/mol. The fourth-order valence-electron chi connectivity index (χ4n) is 3.12. The standard InChI is InChI=1S/C24H33NO/c1-4-6-7-8-10-21-13-17-23(18-14-21)25-19(3)24(26)22-15-11-20(9-5-2)12-16-22/h11-18,24-26H,3-10H2,1-2H3. The molecule has 2 nitrogen and oxygen atoms in total. The summed E-state index contributed by atoms with van der Waals surface area (Å²) in [5.74, 6) is 0. The Morgan fingerprint density at radius 3 is 2.08 bits per heavy atom. The first-order chi connectivity index (χ1) is 12.6. The van der Waals surface area contributed by atoms with Crippen LogP contribution >= 0.6 is 0 Å². The Balaban J connectivity index is 1.87. The van der Waals surface area contributed by atoms with E-state index < -0.39 is 6.10 Å². The zero-order valence-corrected chi connectivity index (χ0v) is 16.3. The van der Waals surface area contributed by atoms with Gasteiger partial charge in [0, 0.05) is 11.4 Å². The van der Waals surface area contributed by atoms with Crippen molar-refractivity contribution in [1.82, 2.24) is 0 Å². The van der Waals surface area contributed by atoms with Crippen molar-refractivity contribution in [2.24, 2.45) is 0 Å². The van der Waals surface area contributed by atoms with Gasteiger partial charge >= 0.3 is 0 Å². The number of hydrogen-bond donors (Lipinski definition) is 2. The predicted octanol–water partition coefficient (Wildman–Crippen LogP) is 6.42. The number of benzene rings is 2. The number of unbranched alkanes of at least 4 members (excludes halogenated alkanes) is 3. The van der Waals surface area contributed by atoms with Crippen LogP contribution in [0.2, 0.25) is 0 Å².